The number of halogens is 2. The minimum absolute atomic E-state index is 0.0188. The number of hydrogen-bond donors (Lipinski definition) is 1. The van der Waals surface area contributed by atoms with Crippen LogP contribution in [-0.4, -0.2) is 26.2 Å². The molecule has 2 rings (SSSR count). The van der Waals surface area contributed by atoms with Crippen molar-refractivity contribution in [1.29, 1.82) is 0 Å². The zero-order chi connectivity index (χ0) is 17.4. The highest BCUT2D eigenvalue weighted by atomic mass is 19.1. The van der Waals surface area contributed by atoms with E-state index in [9.17, 15) is 13.6 Å². The van der Waals surface area contributed by atoms with Crippen LogP contribution in [0.15, 0.2) is 42.5 Å². The first-order chi connectivity index (χ1) is 11.6. The monoisotopic (exact) mass is 331 g/mol. The van der Waals surface area contributed by atoms with Gasteiger partial charge in [-0.15, -0.1) is 0 Å². The molecule has 0 fully saturated rings. The van der Waals surface area contributed by atoms with Crippen LogP contribution in [0.1, 0.15) is 10.4 Å². The summed E-state index contributed by atoms with van der Waals surface area (Å²) in [4.78, 5) is 11.7. The first kappa shape index (κ1) is 17.3. The van der Waals surface area contributed by atoms with Gasteiger partial charge in [0, 0.05) is 6.07 Å². The van der Waals surface area contributed by atoms with Crippen molar-refractivity contribution in [2.24, 2.45) is 0 Å². The zero-order valence-corrected chi connectivity index (χ0v) is 12.9. The summed E-state index contributed by atoms with van der Waals surface area (Å²) in [6.45, 7) is 0.131. The fraction of sp³-hybridized carbons (Fsp3) is 0.167. The molecule has 2 aromatic carbocycles. The second-order valence-electron chi connectivity index (χ2n) is 4.60. The number of nitrogens with one attached hydrogen (secondary N) is 1. The highest BCUT2D eigenvalue weighted by Crippen LogP contribution is 2.25. The number of hydrogen-bond acceptors (Lipinski definition) is 3. The molecule has 24 heavy (non-hydrogen) atoms. The van der Waals surface area contributed by atoms with Gasteiger partial charge in [0.05, 0.1) is 19.2 Å². The molecular formula is C18H15F2NO3. The summed E-state index contributed by atoms with van der Waals surface area (Å²) in [7, 11) is 1.54. The molecule has 0 aromatic heterocycles. The topological polar surface area (TPSA) is 47.6 Å². The normalized spacial score (nSPS) is 9.62. The van der Waals surface area contributed by atoms with Crippen LogP contribution in [-0.2, 0) is 0 Å². The van der Waals surface area contributed by atoms with Gasteiger partial charge >= 0.3 is 0 Å². The largest absolute Gasteiger partial charge is 0.493 e. The number of carbonyl (C=O) groups excluding carboxylic acids is 1. The lowest BCUT2D eigenvalue weighted by molar-refractivity contribution is 0.0954. The SMILES string of the molecule is COc1ccccc1OCC#CCNC(=O)c1ccc(F)cc1F. The lowest BCUT2D eigenvalue weighted by Crippen LogP contribution is -2.24. The molecule has 0 bridgehead atoms. The van der Waals surface area contributed by atoms with Gasteiger partial charge < -0.3 is 14.8 Å². The molecule has 0 saturated carbocycles. The van der Waals surface area contributed by atoms with Crippen molar-refractivity contribution >= 4 is 5.91 Å². The van der Waals surface area contributed by atoms with Crippen molar-refractivity contribution in [3.8, 4) is 23.3 Å². The van der Waals surface area contributed by atoms with Crippen molar-refractivity contribution in [3.05, 3.63) is 59.7 Å². The maximum Gasteiger partial charge on any atom is 0.255 e. The molecule has 0 radical (unpaired) electrons. The minimum Gasteiger partial charge on any atom is -0.493 e. The molecule has 0 spiro atoms. The Morgan fingerprint density at radius 3 is 2.58 bits per heavy atom. The molecule has 2 aromatic rings. The zero-order valence-electron chi connectivity index (χ0n) is 12.9. The number of para-hydroxylation sites is 2. The van der Waals surface area contributed by atoms with Crippen molar-refractivity contribution in [2.45, 2.75) is 0 Å². The molecule has 0 atom stereocenters. The van der Waals surface area contributed by atoms with Crippen LogP contribution in [0.4, 0.5) is 8.78 Å². The fourth-order valence-corrected chi connectivity index (χ4v) is 1.86. The van der Waals surface area contributed by atoms with Gasteiger partial charge in [0.2, 0.25) is 0 Å². The summed E-state index contributed by atoms with van der Waals surface area (Å²) in [6, 6.07) is 9.90. The number of amides is 1. The number of methoxy groups -OCH3 is 1. The number of rotatable bonds is 5. The smallest absolute Gasteiger partial charge is 0.255 e. The Bertz CT molecular complexity index is 781. The third-order valence-corrected chi connectivity index (χ3v) is 3.01. The molecular weight excluding hydrogens is 316 g/mol. The molecule has 0 heterocycles. The van der Waals surface area contributed by atoms with Gasteiger partial charge in [-0.3, -0.25) is 4.79 Å². The van der Waals surface area contributed by atoms with E-state index in [4.69, 9.17) is 9.47 Å². The number of benzene rings is 2. The lowest BCUT2D eigenvalue weighted by atomic mass is 10.2. The molecule has 124 valence electrons. The van der Waals surface area contributed by atoms with Crippen molar-refractivity contribution in [2.75, 3.05) is 20.3 Å². The maximum atomic E-state index is 13.4. The molecule has 6 heteroatoms. The number of ether oxygens (including phenoxy) is 2. The summed E-state index contributed by atoms with van der Waals surface area (Å²) in [5.41, 5.74) is -0.233. The molecule has 0 aliphatic heterocycles. The quantitative estimate of drug-likeness (QED) is 0.857. The molecule has 4 nitrogen and oxygen atoms in total. The third-order valence-electron chi connectivity index (χ3n) is 3.01. The Labute approximate surface area is 138 Å². The average Bonchev–Trinajstić information content (AvgIpc) is 2.58. The van der Waals surface area contributed by atoms with Gasteiger partial charge in [-0.05, 0) is 24.3 Å². The van der Waals surface area contributed by atoms with Gasteiger partial charge in [0.25, 0.3) is 5.91 Å². The van der Waals surface area contributed by atoms with Gasteiger partial charge in [-0.2, -0.15) is 0 Å². The third kappa shape index (κ3) is 4.71. The summed E-state index contributed by atoms with van der Waals surface area (Å²) in [5.74, 6) is 4.24. The van der Waals surface area contributed by atoms with Crippen LogP contribution in [0, 0.1) is 23.5 Å². The van der Waals surface area contributed by atoms with E-state index in [2.05, 4.69) is 17.2 Å². The molecule has 0 aliphatic carbocycles. The lowest BCUT2D eigenvalue weighted by Gasteiger charge is -2.07. The molecule has 0 aliphatic rings. The molecule has 1 amide bonds. The van der Waals surface area contributed by atoms with Crippen LogP contribution in [0.25, 0.3) is 0 Å². The summed E-state index contributed by atoms with van der Waals surface area (Å²) in [6.07, 6.45) is 0. The van der Waals surface area contributed by atoms with Gasteiger partial charge in [0.1, 0.15) is 18.2 Å². The van der Waals surface area contributed by atoms with Crippen LogP contribution in [0.5, 0.6) is 11.5 Å². The Morgan fingerprint density at radius 1 is 1.12 bits per heavy atom. The second kappa shape index (κ2) is 8.53. The van der Waals surface area contributed by atoms with Crippen LogP contribution < -0.4 is 14.8 Å². The summed E-state index contributed by atoms with van der Waals surface area (Å²) in [5, 5.41) is 2.43. The first-order valence-corrected chi connectivity index (χ1v) is 7.06. The van der Waals surface area contributed by atoms with Crippen LogP contribution in [0.3, 0.4) is 0 Å². The van der Waals surface area contributed by atoms with E-state index in [1.54, 1.807) is 12.1 Å². The standard InChI is InChI=1S/C18H15F2NO3/c1-23-16-6-2-3-7-17(16)24-11-5-4-10-21-18(22)14-9-8-13(19)12-15(14)20/h2-3,6-9,12H,10-11H2,1H3,(H,21,22). The van der Waals surface area contributed by atoms with Gasteiger partial charge in [0.15, 0.2) is 11.5 Å². The molecule has 1 N–H and O–H groups in total. The highest BCUT2D eigenvalue weighted by Gasteiger charge is 2.11. The van der Waals surface area contributed by atoms with Gasteiger partial charge in [-0.1, -0.05) is 24.0 Å². The molecule has 0 unspecified atom stereocenters. The van der Waals surface area contributed by atoms with E-state index in [0.717, 1.165) is 12.1 Å². The minimum atomic E-state index is -0.917. The Kier molecular flexibility index (Phi) is 6.15. The summed E-state index contributed by atoms with van der Waals surface area (Å²) >= 11 is 0. The Morgan fingerprint density at radius 2 is 1.88 bits per heavy atom. The van der Waals surface area contributed by atoms with E-state index < -0.39 is 17.5 Å². The van der Waals surface area contributed by atoms with Crippen molar-refractivity contribution in [3.63, 3.8) is 0 Å². The summed E-state index contributed by atoms with van der Waals surface area (Å²) < 4.78 is 36.8. The van der Waals surface area contributed by atoms with Crippen molar-refractivity contribution in [1.82, 2.24) is 5.32 Å². The van der Waals surface area contributed by atoms with Crippen molar-refractivity contribution < 1.29 is 23.0 Å². The van der Waals surface area contributed by atoms with Crippen LogP contribution in [0.2, 0.25) is 0 Å². The van der Waals surface area contributed by atoms with Crippen LogP contribution >= 0.6 is 0 Å². The van der Waals surface area contributed by atoms with E-state index in [0.29, 0.717) is 17.6 Å². The fourth-order valence-electron chi connectivity index (χ4n) is 1.86. The van der Waals surface area contributed by atoms with E-state index in [1.165, 1.54) is 7.11 Å². The van der Waals surface area contributed by atoms with E-state index in [-0.39, 0.29) is 18.7 Å². The van der Waals surface area contributed by atoms with Gasteiger partial charge in [-0.25, -0.2) is 8.78 Å². The Hall–Kier alpha value is -3.07. The van der Waals surface area contributed by atoms with E-state index in [1.807, 2.05) is 12.1 Å². The maximum absolute atomic E-state index is 13.4. The first-order valence-electron chi connectivity index (χ1n) is 7.06. The Balaban J connectivity index is 1.80. The van der Waals surface area contributed by atoms with E-state index >= 15 is 0 Å². The predicted octanol–water partition coefficient (Wildman–Crippen LogP) is 2.79. The number of carbonyl (C=O) groups is 1. The highest BCUT2D eigenvalue weighted by molar-refractivity contribution is 5.94. The second-order valence-corrected chi connectivity index (χ2v) is 4.60. The molecule has 0 saturated heterocycles. The average molecular weight is 331 g/mol. The predicted molar refractivity (Wildman–Crippen MR) is 85.0 cm³/mol.